The van der Waals surface area contributed by atoms with Gasteiger partial charge in [0, 0.05) is 16.8 Å². The number of H-pyrrole nitrogens is 1. The Kier molecular flexibility index (Phi) is 4.12. The lowest BCUT2D eigenvalue weighted by molar-refractivity contribution is -0.152. The van der Waals surface area contributed by atoms with Crippen LogP contribution in [0.15, 0.2) is 39.9 Å². The van der Waals surface area contributed by atoms with Crippen molar-refractivity contribution in [3.8, 4) is 22.7 Å². The van der Waals surface area contributed by atoms with Crippen LogP contribution in [0.3, 0.4) is 0 Å². The van der Waals surface area contributed by atoms with Crippen molar-refractivity contribution < 1.29 is 26.0 Å². The molecular weight excluding hydrogens is 383 g/mol. The maximum Gasteiger partial charge on any atom is 0.450 e. The predicted octanol–water partition coefficient (Wildman–Crippen LogP) is 3.81. The number of hydrogen-bond donors (Lipinski definition) is 1. The Morgan fingerprint density at radius 1 is 1.20 bits per heavy atom. The van der Waals surface area contributed by atoms with Crippen LogP contribution in [0.2, 0.25) is 5.02 Å². The third-order valence-corrected chi connectivity index (χ3v) is 4.31. The summed E-state index contributed by atoms with van der Waals surface area (Å²) < 4.78 is 67.6. The number of halogens is 4. The summed E-state index contributed by atoms with van der Waals surface area (Å²) in [4.78, 5) is 3.61. The van der Waals surface area contributed by atoms with E-state index < -0.39 is 38.3 Å². The van der Waals surface area contributed by atoms with E-state index in [0.29, 0.717) is 10.6 Å². The first-order chi connectivity index (χ1) is 11.6. The zero-order chi connectivity index (χ0) is 18.4. The topological polar surface area (TPSA) is 88.8 Å². The molecule has 0 fully saturated rings. The van der Waals surface area contributed by atoms with Crippen molar-refractivity contribution in [2.45, 2.75) is 11.3 Å². The number of aromatic amines is 1. The number of hydrogen-bond acceptors (Lipinski definition) is 5. The molecule has 3 aromatic rings. The summed E-state index contributed by atoms with van der Waals surface area (Å²) in [6.45, 7) is 0. The number of benzene rings is 1. The molecule has 0 atom stereocenters. The van der Waals surface area contributed by atoms with E-state index in [1.165, 1.54) is 24.3 Å². The third-order valence-electron chi connectivity index (χ3n) is 3.18. The van der Waals surface area contributed by atoms with Crippen molar-refractivity contribution in [1.29, 1.82) is 0 Å². The third kappa shape index (κ3) is 3.54. The van der Waals surface area contributed by atoms with Gasteiger partial charge in [0.2, 0.25) is 20.8 Å². The molecule has 6 nitrogen and oxygen atoms in total. The second-order valence-corrected chi connectivity index (χ2v) is 7.46. The van der Waals surface area contributed by atoms with Gasteiger partial charge in [0.05, 0.1) is 5.56 Å². The van der Waals surface area contributed by atoms with E-state index in [2.05, 4.69) is 15.2 Å². The van der Waals surface area contributed by atoms with Crippen LogP contribution in [0, 0.1) is 0 Å². The van der Waals surface area contributed by atoms with Gasteiger partial charge in [-0.15, -0.1) is 0 Å². The standard InChI is InChI=1S/C14H9ClF3N3O3S/c1-25(22,23)13-19-12(20-21-13)9-6-10(24-11(9)14(16,17)18)7-2-4-8(15)5-3-7/h2-6H,1H3,(H,19,20,21). The zero-order valence-corrected chi connectivity index (χ0v) is 14.0. The van der Waals surface area contributed by atoms with Gasteiger partial charge >= 0.3 is 6.18 Å². The Bertz CT molecular complexity index is 1020. The summed E-state index contributed by atoms with van der Waals surface area (Å²) >= 11 is 5.76. The summed E-state index contributed by atoms with van der Waals surface area (Å²) in [7, 11) is -3.74. The number of rotatable bonds is 3. The van der Waals surface area contributed by atoms with E-state index in [9.17, 15) is 21.6 Å². The summed E-state index contributed by atoms with van der Waals surface area (Å²) in [5.41, 5.74) is -0.108. The lowest BCUT2D eigenvalue weighted by Gasteiger charge is -2.03. The normalized spacial score (nSPS) is 12.5. The fraction of sp³-hybridized carbons (Fsp3) is 0.143. The molecule has 25 heavy (non-hydrogen) atoms. The van der Waals surface area contributed by atoms with Crippen LogP contribution in [0.25, 0.3) is 22.7 Å². The van der Waals surface area contributed by atoms with Crippen LogP contribution in [0.4, 0.5) is 13.2 Å². The Morgan fingerprint density at radius 2 is 1.84 bits per heavy atom. The van der Waals surface area contributed by atoms with E-state index in [1.54, 1.807) is 0 Å². The van der Waals surface area contributed by atoms with Crippen LogP contribution in [-0.4, -0.2) is 29.9 Å². The molecule has 0 amide bonds. The smallest absolute Gasteiger partial charge is 0.450 e. The molecular formula is C14H9ClF3N3O3S. The van der Waals surface area contributed by atoms with Gasteiger partial charge in [0.25, 0.3) is 0 Å². The molecule has 1 aromatic carbocycles. The van der Waals surface area contributed by atoms with Crippen LogP contribution in [0.5, 0.6) is 0 Å². The summed E-state index contributed by atoms with van der Waals surface area (Å²) in [5.74, 6) is -1.84. The van der Waals surface area contributed by atoms with Crippen LogP contribution in [0.1, 0.15) is 5.76 Å². The minimum absolute atomic E-state index is 0.0790. The maximum absolute atomic E-state index is 13.3. The largest absolute Gasteiger partial charge is 0.451 e. The monoisotopic (exact) mass is 391 g/mol. The summed E-state index contributed by atoms with van der Waals surface area (Å²) in [5, 5.41) is 5.53. The van der Waals surface area contributed by atoms with Crippen molar-refractivity contribution in [2.24, 2.45) is 0 Å². The molecule has 3 rings (SSSR count). The van der Waals surface area contributed by atoms with Crippen LogP contribution in [-0.2, 0) is 16.0 Å². The van der Waals surface area contributed by atoms with Gasteiger partial charge in [-0.1, -0.05) is 11.6 Å². The van der Waals surface area contributed by atoms with Gasteiger partial charge in [-0.05, 0) is 30.3 Å². The highest BCUT2D eigenvalue weighted by atomic mass is 35.5. The highest BCUT2D eigenvalue weighted by Crippen LogP contribution is 2.41. The highest BCUT2D eigenvalue weighted by Gasteiger charge is 2.40. The Balaban J connectivity index is 2.15. The van der Waals surface area contributed by atoms with Crippen molar-refractivity contribution in [3.63, 3.8) is 0 Å². The maximum atomic E-state index is 13.3. The zero-order valence-electron chi connectivity index (χ0n) is 12.4. The molecule has 132 valence electrons. The molecule has 0 aliphatic heterocycles. The summed E-state index contributed by atoms with van der Waals surface area (Å²) in [6, 6.07) is 7.08. The molecule has 0 aliphatic carbocycles. The molecule has 0 saturated heterocycles. The van der Waals surface area contributed by atoms with E-state index in [-0.39, 0.29) is 5.76 Å². The molecule has 2 aromatic heterocycles. The Morgan fingerprint density at radius 3 is 2.36 bits per heavy atom. The van der Waals surface area contributed by atoms with Crippen molar-refractivity contribution >= 4 is 21.4 Å². The molecule has 0 unspecified atom stereocenters. The molecule has 2 heterocycles. The first-order valence-electron chi connectivity index (χ1n) is 6.65. The minimum Gasteiger partial charge on any atom is -0.451 e. The highest BCUT2D eigenvalue weighted by molar-refractivity contribution is 7.90. The van der Waals surface area contributed by atoms with Gasteiger partial charge in [-0.2, -0.15) is 23.3 Å². The molecule has 0 radical (unpaired) electrons. The first-order valence-corrected chi connectivity index (χ1v) is 8.92. The number of nitrogens with zero attached hydrogens (tertiary/aromatic N) is 2. The molecule has 11 heteroatoms. The lowest BCUT2D eigenvalue weighted by atomic mass is 10.1. The van der Waals surface area contributed by atoms with Crippen LogP contribution < -0.4 is 0 Å². The van der Waals surface area contributed by atoms with Crippen molar-refractivity contribution in [3.05, 3.63) is 41.1 Å². The number of aromatic nitrogens is 3. The van der Waals surface area contributed by atoms with E-state index >= 15 is 0 Å². The second kappa shape index (κ2) is 5.88. The Hall–Kier alpha value is -2.33. The van der Waals surface area contributed by atoms with Gasteiger partial charge in [0.1, 0.15) is 5.76 Å². The molecule has 0 bridgehead atoms. The van der Waals surface area contributed by atoms with E-state index in [4.69, 9.17) is 16.0 Å². The minimum atomic E-state index is -4.81. The first kappa shape index (κ1) is 17.5. The Labute approximate surface area is 144 Å². The average molecular weight is 392 g/mol. The summed E-state index contributed by atoms with van der Waals surface area (Å²) in [6.07, 6.45) is -3.96. The number of nitrogens with one attached hydrogen (secondary N) is 1. The predicted molar refractivity (Wildman–Crippen MR) is 82.6 cm³/mol. The van der Waals surface area contributed by atoms with E-state index in [1.807, 2.05) is 0 Å². The van der Waals surface area contributed by atoms with E-state index in [0.717, 1.165) is 12.3 Å². The number of furan rings is 1. The van der Waals surface area contributed by atoms with Gasteiger partial charge < -0.3 is 4.42 Å². The molecule has 0 aliphatic rings. The molecule has 1 N–H and O–H groups in total. The van der Waals surface area contributed by atoms with Crippen LogP contribution >= 0.6 is 11.6 Å². The number of alkyl halides is 3. The second-order valence-electron chi connectivity index (χ2n) is 5.09. The quantitative estimate of drug-likeness (QED) is 0.733. The molecule has 0 saturated carbocycles. The SMILES string of the molecule is CS(=O)(=O)c1nc(-c2cc(-c3ccc(Cl)cc3)oc2C(F)(F)F)n[nH]1. The fourth-order valence-corrected chi connectivity index (χ4v) is 2.65. The number of sulfone groups is 1. The van der Waals surface area contributed by atoms with Gasteiger partial charge in [-0.25, -0.2) is 13.5 Å². The van der Waals surface area contributed by atoms with Crippen molar-refractivity contribution in [1.82, 2.24) is 15.2 Å². The van der Waals surface area contributed by atoms with Gasteiger partial charge in [-0.3, -0.25) is 0 Å². The fourth-order valence-electron chi connectivity index (χ4n) is 2.06. The molecule has 0 spiro atoms. The lowest BCUT2D eigenvalue weighted by Crippen LogP contribution is -2.05. The van der Waals surface area contributed by atoms with Gasteiger partial charge in [0.15, 0.2) is 5.82 Å². The average Bonchev–Trinajstić information content (AvgIpc) is 3.13. The van der Waals surface area contributed by atoms with Crippen molar-refractivity contribution in [2.75, 3.05) is 6.26 Å².